The van der Waals surface area contributed by atoms with Gasteiger partial charge in [-0.3, -0.25) is 4.98 Å². The molecule has 0 saturated heterocycles. The van der Waals surface area contributed by atoms with Crippen molar-refractivity contribution < 1.29 is 4.39 Å². The summed E-state index contributed by atoms with van der Waals surface area (Å²) in [5, 5.41) is 0.811. The zero-order valence-electron chi connectivity index (χ0n) is 9.85. The van der Waals surface area contributed by atoms with E-state index in [0.717, 1.165) is 27.0 Å². The lowest BCUT2D eigenvalue weighted by Gasteiger charge is -2.22. The summed E-state index contributed by atoms with van der Waals surface area (Å²) >= 11 is 1.50. The molecule has 1 aliphatic heterocycles. The number of benzene rings is 2. The van der Waals surface area contributed by atoms with Crippen molar-refractivity contribution in [2.24, 2.45) is 0 Å². The van der Waals surface area contributed by atoms with Crippen molar-refractivity contribution in [3.63, 3.8) is 0 Å². The van der Waals surface area contributed by atoms with Gasteiger partial charge in [0, 0.05) is 27.6 Å². The van der Waals surface area contributed by atoms with Crippen molar-refractivity contribution in [3.05, 3.63) is 54.5 Å². The highest BCUT2D eigenvalue weighted by molar-refractivity contribution is 8.00. The van der Waals surface area contributed by atoms with E-state index in [1.54, 1.807) is 12.3 Å². The molecule has 0 spiro atoms. The number of hydrogen-bond donors (Lipinski definition) is 1. The molecule has 1 aromatic heterocycles. The molecule has 4 heteroatoms. The fourth-order valence-corrected chi connectivity index (χ4v) is 3.26. The van der Waals surface area contributed by atoms with Gasteiger partial charge in [-0.05, 0) is 30.1 Å². The normalized spacial score (nSPS) is 12.7. The smallest absolute Gasteiger partial charge is 0.133 e. The molecule has 2 heterocycles. The molecule has 0 bridgehead atoms. The highest BCUT2D eigenvalue weighted by atomic mass is 32.2. The predicted molar refractivity (Wildman–Crippen MR) is 76.6 cm³/mol. The van der Waals surface area contributed by atoms with Crippen LogP contribution in [0.5, 0.6) is 0 Å². The van der Waals surface area contributed by atoms with Gasteiger partial charge in [-0.1, -0.05) is 24.3 Å². The van der Waals surface area contributed by atoms with Gasteiger partial charge in [0.1, 0.15) is 5.82 Å². The third-order valence-electron chi connectivity index (χ3n) is 3.27. The molecule has 0 saturated carbocycles. The molecule has 1 N–H and O–H groups in total. The number of pyridine rings is 1. The maximum atomic E-state index is 14.4. The lowest BCUT2D eigenvalue weighted by atomic mass is 10.00. The first-order chi connectivity index (χ1) is 9.34. The predicted octanol–water partition coefficient (Wildman–Crippen LogP) is 4.47. The molecule has 92 valence electrons. The van der Waals surface area contributed by atoms with Gasteiger partial charge in [0.15, 0.2) is 0 Å². The molecule has 0 aliphatic carbocycles. The van der Waals surface area contributed by atoms with Crippen LogP contribution in [0.3, 0.4) is 0 Å². The van der Waals surface area contributed by atoms with E-state index >= 15 is 0 Å². The van der Waals surface area contributed by atoms with E-state index in [1.165, 1.54) is 11.9 Å². The van der Waals surface area contributed by atoms with Crippen LogP contribution in [0, 0.1) is 5.82 Å². The maximum absolute atomic E-state index is 14.4. The SMILES string of the molecule is Fc1cc2cccnc2c2c1-c1ccccc1SN2. The Hall–Kier alpha value is -2.07. The number of fused-ring (bicyclic) bond motifs is 5. The Bertz CT molecular complexity index is 801. The second-order valence-corrected chi connectivity index (χ2v) is 5.23. The summed E-state index contributed by atoms with van der Waals surface area (Å²) in [6, 6.07) is 13.1. The highest BCUT2D eigenvalue weighted by Gasteiger charge is 2.22. The van der Waals surface area contributed by atoms with Crippen molar-refractivity contribution in [1.82, 2.24) is 4.98 Å². The quantitative estimate of drug-likeness (QED) is 0.609. The van der Waals surface area contributed by atoms with E-state index < -0.39 is 0 Å². The van der Waals surface area contributed by atoms with E-state index in [2.05, 4.69) is 9.71 Å². The third kappa shape index (κ3) is 1.53. The van der Waals surface area contributed by atoms with E-state index in [0.29, 0.717) is 5.56 Å². The van der Waals surface area contributed by atoms with Gasteiger partial charge in [0.05, 0.1) is 11.2 Å². The Morgan fingerprint density at radius 3 is 2.95 bits per heavy atom. The fraction of sp³-hybridized carbons (Fsp3) is 0. The summed E-state index contributed by atoms with van der Waals surface area (Å²) < 4.78 is 17.6. The van der Waals surface area contributed by atoms with Gasteiger partial charge in [0.2, 0.25) is 0 Å². The minimum atomic E-state index is -0.212. The van der Waals surface area contributed by atoms with E-state index in [1.807, 2.05) is 36.4 Å². The Balaban J connectivity index is 2.14. The molecule has 19 heavy (non-hydrogen) atoms. The lowest BCUT2D eigenvalue weighted by molar-refractivity contribution is 0.633. The van der Waals surface area contributed by atoms with Crippen molar-refractivity contribution in [2.45, 2.75) is 4.90 Å². The zero-order chi connectivity index (χ0) is 12.8. The van der Waals surface area contributed by atoms with Crippen LogP contribution in [-0.2, 0) is 0 Å². The van der Waals surface area contributed by atoms with Gasteiger partial charge >= 0.3 is 0 Å². The summed E-state index contributed by atoms with van der Waals surface area (Å²) in [6.45, 7) is 0. The van der Waals surface area contributed by atoms with Crippen molar-refractivity contribution in [1.29, 1.82) is 0 Å². The molecule has 0 unspecified atom stereocenters. The molecule has 2 nitrogen and oxygen atoms in total. The minimum absolute atomic E-state index is 0.212. The Morgan fingerprint density at radius 1 is 1.11 bits per heavy atom. The van der Waals surface area contributed by atoms with E-state index in [4.69, 9.17) is 0 Å². The first-order valence-corrected chi connectivity index (χ1v) is 6.76. The van der Waals surface area contributed by atoms with Gasteiger partial charge in [-0.25, -0.2) is 4.39 Å². The van der Waals surface area contributed by atoms with Crippen molar-refractivity contribution in [2.75, 3.05) is 4.72 Å². The van der Waals surface area contributed by atoms with Gasteiger partial charge < -0.3 is 4.72 Å². The van der Waals surface area contributed by atoms with Crippen LogP contribution in [0.2, 0.25) is 0 Å². The van der Waals surface area contributed by atoms with Crippen LogP contribution in [0.25, 0.3) is 22.0 Å². The second-order valence-electron chi connectivity index (χ2n) is 4.38. The zero-order valence-corrected chi connectivity index (χ0v) is 10.7. The summed E-state index contributed by atoms with van der Waals surface area (Å²) in [7, 11) is 0. The summed E-state index contributed by atoms with van der Waals surface area (Å²) in [5.41, 5.74) is 3.10. The van der Waals surface area contributed by atoms with Gasteiger partial charge in [-0.2, -0.15) is 0 Å². The lowest BCUT2D eigenvalue weighted by Crippen LogP contribution is -2.02. The molecule has 0 fully saturated rings. The van der Waals surface area contributed by atoms with Crippen LogP contribution in [0.15, 0.2) is 53.6 Å². The third-order valence-corrected chi connectivity index (χ3v) is 4.15. The largest absolute Gasteiger partial charge is 0.323 e. The number of rotatable bonds is 0. The molecular formula is C15H9FN2S. The fourth-order valence-electron chi connectivity index (χ4n) is 2.42. The average molecular weight is 268 g/mol. The Labute approximate surface area is 113 Å². The molecular weight excluding hydrogens is 259 g/mol. The Morgan fingerprint density at radius 2 is 2.00 bits per heavy atom. The highest BCUT2D eigenvalue weighted by Crippen LogP contribution is 2.45. The van der Waals surface area contributed by atoms with E-state index in [9.17, 15) is 4.39 Å². The number of nitrogens with one attached hydrogen (secondary N) is 1. The topological polar surface area (TPSA) is 24.9 Å². The second kappa shape index (κ2) is 3.96. The minimum Gasteiger partial charge on any atom is -0.323 e. The molecule has 2 aromatic carbocycles. The van der Waals surface area contributed by atoms with Crippen LogP contribution >= 0.6 is 11.9 Å². The number of aromatic nitrogens is 1. The monoisotopic (exact) mass is 268 g/mol. The number of halogens is 1. The number of anilines is 1. The van der Waals surface area contributed by atoms with E-state index in [-0.39, 0.29) is 5.82 Å². The van der Waals surface area contributed by atoms with Crippen molar-refractivity contribution in [3.8, 4) is 11.1 Å². The molecule has 0 atom stereocenters. The van der Waals surface area contributed by atoms with Crippen LogP contribution in [0.4, 0.5) is 10.1 Å². The molecule has 1 aliphatic rings. The van der Waals surface area contributed by atoms with Gasteiger partial charge in [0.25, 0.3) is 0 Å². The molecule has 4 rings (SSSR count). The van der Waals surface area contributed by atoms with Crippen LogP contribution in [-0.4, -0.2) is 4.98 Å². The average Bonchev–Trinajstić information content (AvgIpc) is 2.46. The van der Waals surface area contributed by atoms with Gasteiger partial charge in [-0.15, -0.1) is 0 Å². The van der Waals surface area contributed by atoms with Crippen LogP contribution < -0.4 is 4.72 Å². The summed E-state index contributed by atoms with van der Waals surface area (Å²) in [6.07, 6.45) is 1.73. The first-order valence-electron chi connectivity index (χ1n) is 5.94. The summed E-state index contributed by atoms with van der Waals surface area (Å²) in [5.74, 6) is -0.212. The molecule has 0 amide bonds. The Kier molecular flexibility index (Phi) is 2.26. The number of hydrogen-bond acceptors (Lipinski definition) is 3. The number of nitrogens with zero attached hydrogens (tertiary/aromatic N) is 1. The van der Waals surface area contributed by atoms with Crippen LogP contribution in [0.1, 0.15) is 0 Å². The first kappa shape index (κ1) is 10.8. The van der Waals surface area contributed by atoms with Crippen molar-refractivity contribution >= 4 is 28.5 Å². The summed E-state index contributed by atoms with van der Waals surface area (Å²) in [4.78, 5) is 5.40. The standard InChI is InChI=1S/C15H9FN2S/c16-11-8-9-4-3-7-17-14(9)15-13(11)10-5-1-2-6-12(10)19-18-15/h1-8,18H. The molecule has 3 aromatic rings. The maximum Gasteiger partial charge on any atom is 0.133 e. The molecule has 0 radical (unpaired) electrons.